The predicted molar refractivity (Wildman–Crippen MR) is 120 cm³/mol. The Morgan fingerprint density at radius 1 is 1.06 bits per heavy atom. The number of alkyl halides is 2. The third-order valence-corrected chi connectivity index (χ3v) is 5.84. The van der Waals surface area contributed by atoms with Crippen molar-refractivity contribution in [3.05, 3.63) is 59.9 Å². The molecule has 2 aromatic rings. The number of benzene rings is 2. The molecule has 2 amide bonds. The van der Waals surface area contributed by atoms with Crippen molar-refractivity contribution in [2.75, 3.05) is 42.6 Å². The molecule has 2 aliphatic rings. The minimum Gasteiger partial charge on any atom is -0.444 e. The minimum absolute atomic E-state index is 0.0298. The number of anilines is 2. The molecule has 2 aliphatic heterocycles. The van der Waals surface area contributed by atoms with E-state index in [0.29, 0.717) is 18.7 Å². The number of carbonyl (C=O) groups is 3. The summed E-state index contributed by atoms with van der Waals surface area (Å²) < 4.78 is 44.9. The molecule has 0 N–H and O–H groups in total. The van der Waals surface area contributed by atoms with Crippen molar-refractivity contribution in [3.8, 4) is 0 Å². The molecule has 0 unspecified atom stereocenters. The van der Waals surface area contributed by atoms with Crippen molar-refractivity contribution in [1.82, 2.24) is 5.06 Å². The fraction of sp³-hybridized carbons (Fsp3) is 0.375. The maximum absolute atomic E-state index is 15.0. The third-order valence-electron chi connectivity index (χ3n) is 5.84. The van der Waals surface area contributed by atoms with Crippen molar-refractivity contribution in [2.45, 2.75) is 25.4 Å². The average Bonchev–Trinajstić information content (AvgIpc) is 3.06. The summed E-state index contributed by atoms with van der Waals surface area (Å²) in [5.74, 6) is -2.06. The molecule has 8 nitrogen and oxygen atoms in total. The summed E-state index contributed by atoms with van der Waals surface area (Å²) in [4.78, 5) is 44.5. The molecule has 0 radical (unpaired) electrons. The Bertz CT molecular complexity index is 1090. The van der Waals surface area contributed by atoms with Crippen molar-refractivity contribution < 1.29 is 37.1 Å². The zero-order chi connectivity index (χ0) is 24.9. The smallest absolute Gasteiger partial charge is 0.414 e. The van der Waals surface area contributed by atoms with Crippen LogP contribution in [0, 0.1) is 5.82 Å². The largest absolute Gasteiger partial charge is 0.444 e. The summed E-state index contributed by atoms with van der Waals surface area (Å²) in [6.07, 6.45) is -4.96. The molecular weight excluding hydrogens is 467 g/mol. The predicted octanol–water partition coefficient (Wildman–Crippen LogP) is 3.66. The number of Topliss-reactive ketones (excluding diaryl/α,β-unsaturated/α-hetero) is 1. The number of carbonyl (C=O) groups excluding carboxylic acids is 3. The number of nitrogens with zero attached hydrogens (tertiary/aromatic N) is 3. The monoisotopic (exact) mass is 491 g/mol. The standard InChI is InChI=1S/C24H24F3N3O5/c25-19-14-17(29-15-18(35-24(29)33)7-9-21(31)22(26)27)6-8-20(19)28-10-11-30(34-13-12-28)23(32)16-4-2-1-3-5-16/h1-6,8,14,18,22H,7,9-13,15H2/t18-/m0/s1. The van der Waals surface area contributed by atoms with E-state index in [4.69, 9.17) is 9.57 Å². The van der Waals surface area contributed by atoms with E-state index < -0.39 is 36.6 Å². The van der Waals surface area contributed by atoms with Gasteiger partial charge < -0.3 is 9.64 Å². The third kappa shape index (κ3) is 5.73. The van der Waals surface area contributed by atoms with Crippen LogP contribution >= 0.6 is 0 Å². The molecule has 0 aliphatic carbocycles. The molecular formula is C24H24F3N3O5. The highest BCUT2D eigenvalue weighted by Crippen LogP contribution is 2.29. The molecule has 0 bridgehead atoms. The van der Waals surface area contributed by atoms with Gasteiger partial charge in [0.05, 0.1) is 31.1 Å². The molecule has 11 heteroatoms. The van der Waals surface area contributed by atoms with Crippen molar-refractivity contribution in [3.63, 3.8) is 0 Å². The molecule has 2 saturated heterocycles. The molecule has 186 valence electrons. The molecule has 0 saturated carbocycles. The quantitative estimate of drug-likeness (QED) is 0.588. The van der Waals surface area contributed by atoms with Crippen LogP contribution in [0.3, 0.4) is 0 Å². The van der Waals surface area contributed by atoms with Gasteiger partial charge in [0.1, 0.15) is 11.9 Å². The number of hydrogen-bond acceptors (Lipinski definition) is 6. The summed E-state index contributed by atoms with van der Waals surface area (Å²) in [5, 5.41) is 1.26. The summed E-state index contributed by atoms with van der Waals surface area (Å²) in [6, 6.07) is 13.0. The Morgan fingerprint density at radius 3 is 2.54 bits per heavy atom. The van der Waals surface area contributed by atoms with Crippen LogP contribution in [0.15, 0.2) is 48.5 Å². The van der Waals surface area contributed by atoms with E-state index >= 15 is 4.39 Å². The van der Waals surface area contributed by atoms with Crippen LogP contribution in [0.1, 0.15) is 23.2 Å². The second kappa shape index (κ2) is 10.8. The molecule has 35 heavy (non-hydrogen) atoms. The molecule has 4 rings (SSSR count). The maximum Gasteiger partial charge on any atom is 0.414 e. The topological polar surface area (TPSA) is 79.4 Å². The Labute approximate surface area is 199 Å². The van der Waals surface area contributed by atoms with Crippen molar-refractivity contribution in [1.29, 1.82) is 0 Å². The first-order valence-electron chi connectivity index (χ1n) is 11.2. The first kappa shape index (κ1) is 24.5. The lowest BCUT2D eigenvalue weighted by atomic mass is 10.1. The maximum atomic E-state index is 15.0. The van der Waals surface area contributed by atoms with Gasteiger partial charge in [-0.15, -0.1) is 0 Å². The van der Waals surface area contributed by atoms with E-state index in [1.54, 1.807) is 35.2 Å². The lowest BCUT2D eigenvalue weighted by Crippen LogP contribution is -2.34. The first-order valence-corrected chi connectivity index (χ1v) is 11.2. The Balaban J connectivity index is 1.38. The fourth-order valence-electron chi connectivity index (χ4n) is 3.99. The average molecular weight is 491 g/mol. The molecule has 0 aromatic heterocycles. The number of amides is 2. The zero-order valence-corrected chi connectivity index (χ0v) is 18.7. The van der Waals surface area contributed by atoms with Crippen LogP contribution in [0.25, 0.3) is 0 Å². The number of ketones is 1. The Morgan fingerprint density at radius 2 is 1.83 bits per heavy atom. The van der Waals surface area contributed by atoms with Gasteiger partial charge in [-0.25, -0.2) is 23.0 Å². The summed E-state index contributed by atoms with van der Waals surface area (Å²) in [6.45, 7) is 1.12. The van der Waals surface area contributed by atoms with Gasteiger partial charge in [-0.1, -0.05) is 18.2 Å². The van der Waals surface area contributed by atoms with Gasteiger partial charge in [0.25, 0.3) is 12.3 Å². The van der Waals surface area contributed by atoms with E-state index in [-0.39, 0.29) is 43.4 Å². The normalized spacial score (nSPS) is 18.6. The molecule has 2 heterocycles. The van der Waals surface area contributed by atoms with E-state index in [9.17, 15) is 23.2 Å². The van der Waals surface area contributed by atoms with Gasteiger partial charge in [0, 0.05) is 25.1 Å². The van der Waals surface area contributed by atoms with Crippen molar-refractivity contribution in [2.24, 2.45) is 0 Å². The van der Waals surface area contributed by atoms with Gasteiger partial charge >= 0.3 is 6.09 Å². The number of ether oxygens (including phenoxy) is 1. The number of rotatable bonds is 7. The van der Waals surface area contributed by atoms with Gasteiger partial charge in [0.2, 0.25) is 0 Å². The van der Waals surface area contributed by atoms with Crippen LogP contribution < -0.4 is 9.80 Å². The van der Waals surface area contributed by atoms with Crippen LogP contribution in [-0.2, 0) is 14.4 Å². The highest BCUT2D eigenvalue weighted by atomic mass is 19.3. The molecule has 2 fully saturated rings. The summed E-state index contributed by atoms with van der Waals surface area (Å²) >= 11 is 0. The Hall–Kier alpha value is -3.60. The number of cyclic esters (lactones) is 1. The SMILES string of the molecule is O=C(CC[C@H]1CN(c2ccc(N3CCON(C(=O)c4ccccc4)CC3)c(F)c2)C(=O)O1)C(F)F. The van der Waals surface area contributed by atoms with Gasteiger partial charge in [-0.3, -0.25) is 19.3 Å². The van der Waals surface area contributed by atoms with Crippen molar-refractivity contribution >= 4 is 29.2 Å². The van der Waals surface area contributed by atoms with Gasteiger partial charge in [0.15, 0.2) is 5.78 Å². The first-order chi connectivity index (χ1) is 16.8. The molecule has 0 spiro atoms. The highest BCUT2D eigenvalue weighted by molar-refractivity contribution is 5.93. The van der Waals surface area contributed by atoms with Gasteiger partial charge in [-0.2, -0.15) is 0 Å². The number of hydroxylamine groups is 2. The van der Waals surface area contributed by atoms with E-state index in [1.807, 2.05) is 6.07 Å². The van der Waals surface area contributed by atoms with Crippen LogP contribution in [0.4, 0.5) is 29.3 Å². The van der Waals surface area contributed by atoms with Crippen LogP contribution in [-0.4, -0.2) is 68.2 Å². The van der Waals surface area contributed by atoms with Gasteiger partial charge in [-0.05, 0) is 36.8 Å². The zero-order valence-electron chi connectivity index (χ0n) is 18.7. The highest BCUT2D eigenvalue weighted by Gasteiger charge is 2.34. The van der Waals surface area contributed by atoms with E-state index in [2.05, 4.69) is 0 Å². The summed E-state index contributed by atoms with van der Waals surface area (Å²) in [5.41, 5.74) is 1.04. The summed E-state index contributed by atoms with van der Waals surface area (Å²) in [7, 11) is 0. The second-order valence-electron chi connectivity index (χ2n) is 8.15. The lowest BCUT2D eigenvalue weighted by molar-refractivity contribution is -0.129. The van der Waals surface area contributed by atoms with E-state index in [1.165, 1.54) is 22.1 Å². The van der Waals surface area contributed by atoms with E-state index in [0.717, 1.165) is 0 Å². The second-order valence-corrected chi connectivity index (χ2v) is 8.15. The number of halogens is 3. The van der Waals surface area contributed by atoms with Crippen LogP contribution in [0.5, 0.6) is 0 Å². The van der Waals surface area contributed by atoms with Crippen LogP contribution in [0.2, 0.25) is 0 Å². The Kier molecular flexibility index (Phi) is 7.54. The fourth-order valence-corrected chi connectivity index (χ4v) is 3.99. The number of hydrogen-bond donors (Lipinski definition) is 0. The minimum atomic E-state index is -3.06. The lowest BCUT2D eigenvalue weighted by Gasteiger charge is -2.24. The molecule has 2 aromatic carbocycles. The molecule has 1 atom stereocenters.